The fourth-order valence-corrected chi connectivity index (χ4v) is 2.55. The lowest BCUT2D eigenvalue weighted by Crippen LogP contribution is -2.19. The summed E-state index contributed by atoms with van der Waals surface area (Å²) in [6.07, 6.45) is 2.36. The Hall–Kier alpha value is -0.820. The zero-order valence-electron chi connectivity index (χ0n) is 9.30. The molecule has 1 aliphatic rings. The zero-order chi connectivity index (χ0) is 10.1. The number of nitrogens with one attached hydrogen (secondary N) is 1. The first-order valence-electron chi connectivity index (χ1n) is 5.55. The maximum absolute atomic E-state index is 3.42. The van der Waals surface area contributed by atoms with Crippen LogP contribution < -0.4 is 5.32 Å². The summed E-state index contributed by atoms with van der Waals surface area (Å²) in [5.41, 5.74) is 4.52. The number of aryl methyl sites for hydroxylation is 1. The first-order chi connectivity index (χ1) is 6.76. The van der Waals surface area contributed by atoms with Crippen LogP contribution >= 0.6 is 0 Å². The van der Waals surface area contributed by atoms with Gasteiger partial charge in [0.05, 0.1) is 0 Å². The van der Waals surface area contributed by atoms with Crippen molar-refractivity contribution in [3.05, 3.63) is 34.9 Å². The molecule has 1 aromatic rings. The van der Waals surface area contributed by atoms with Gasteiger partial charge in [0.15, 0.2) is 0 Å². The van der Waals surface area contributed by atoms with Gasteiger partial charge in [0.25, 0.3) is 0 Å². The van der Waals surface area contributed by atoms with Crippen LogP contribution in [0.4, 0.5) is 0 Å². The van der Waals surface area contributed by atoms with Gasteiger partial charge in [0.2, 0.25) is 0 Å². The highest BCUT2D eigenvalue weighted by Gasteiger charge is 2.27. The van der Waals surface area contributed by atoms with Gasteiger partial charge in [-0.25, -0.2) is 0 Å². The molecular weight excluding hydrogens is 170 g/mol. The van der Waals surface area contributed by atoms with Crippen LogP contribution in [0.5, 0.6) is 0 Å². The molecule has 0 heterocycles. The third-order valence-corrected chi connectivity index (χ3v) is 3.38. The van der Waals surface area contributed by atoms with Crippen molar-refractivity contribution in [2.24, 2.45) is 5.92 Å². The van der Waals surface area contributed by atoms with Crippen LogP contribution in [0.3, 0.4) is 0 Å². The van der Waals surface area contributed by atoms with Gasteiger partial charge in [-0.3, -0.25) is 0 Å². The second kappa shape index (κ2) is 3.74. The first-order valence-corrected chi connectivity index (χ1v) is 5.55. The Labute approximate surface area is 86.5 Å². The molecule has 1 aliphatic carbocycles. The smallest absolute Gasteiger partial charge is 0.0349 e. The van der Waals surface area contributed by atoms with E-state index in [1.165, 1.54) is 23.1 Å². The number of rotatable bonds is 2. The van der Waals surface area contributed by atoms with Crippen LogP contribution in [0.1, 0.15) is 36.6 Å². The second-order valence-electron chi connectivity index (χ2n) is 4.33. The molecule has 0 saturated carbocycles. The van der Waals surface area contributed by atoms with Crippen molar-refractivity contribution < 1.29 is 0 Å². The van der Waals surface area contributed by atoms with Crippen LogP contribution in [-0.4, -0.2) is 7.05 Å². The molecule has 0 bridgehead atoms. The summed E-state index contributed by atoms with van der Waals surface area (Å²) in [6, 6.07) is 7.52. The van der Waals surface area contributed by atoms with Gasteiger partial charge in [-0.2, -0.15) is 0 Å². The van der Waals surface area contributed by atoms with Gasteiger partial charge in [-0.15, -0.1) is 0 Å². The van der Waals surface area contributed by atoms with Crippen LogP contribution in [-0.2, 0) is 12.8 Å². The van der Waals surface area contributed by atoms with Gasteiger partial charge >= 0.3 is 0 Å². The Morgan fingerprint density at radius 2 is 2.21 bits per heavy atom. The van der Waals surface area contributed by atoms with Gasteiger partial charge in [-0.1, -0.05) is 32.0 Å². The fraction of sp³-hybridized carbons (Fsp3) is 0.538. The molecule has 0 amide bonds. The van der Waals surface area contributed by atoms with Gasteiger partial charge in [0, 0.05) is 6.04 Å². The van der Waals surface area contributed by atoms with E-state index in [2.05, 4.69) is 44.4 Å². The molecule has 2 unspecified atom stereocenters. The molecule has 1 heteroatoms. The number of hydrogen-bond donors (Lipinski definition) is 1. The van der Waals surface area contributed by atoms with E-state index in [0.717, 1.165) is 12.3 Å². The van der Waals surface area contributed by atoms with Crippen LogP contribution in [0.25, 0.3) is 0 Å². The molecule has 1 aromatic carbocycles. The predicted octanol–water partition coefficient (Wildman–Crippen LogP) is 2.70. The summed E-state index contributed by atoms with van der Waals surface area (Å²) in [4.78, 5) is 0. The summed E-state index contributed by atoms with van der Waals surface area (Å²) in [7, 11) is 2.06. The molecule has 14 heavy (non-hydrogen) atoms. The fourth-order valence-electron chi connectivity index (χ4n) is 2.55. The second-order valence-corrected chi connectivity index (χ2v) is 4.33. The highest BCUT2D eigenvalue weighted by atomic mass is 14.9. The van der Waals surface area contributed by atoms with Crippen LogP contribution in [0, 0.1) is 5.92 Å². The molecule has 1 nitrogen and oxygen atoms in total. The largest absolute Gasteiger partial charge is 0.313 e. The van der Waals surface area contributed by atoms with E-state index in [-0.39, 0.29) is 0 Å². The molecule has 76 valence electrons. The number of fused-ring (bicyclic) bond motifs is 1. The molecule has 2 rings (SSSR count). The molecule has 0 fully saturated rings. The van der Waals surface area contributed by atoms with Crippen molar-refractivity contribution in [1.29, 1.82) is 0 Å². The molecule has 1 N–H and O–H groups in total. The average Bonchev–Trinajstić information content (AvgIpc) is 2.52. The number of benzene rings is 1. The Balaban J connectivity index is 2.39. The Morgan fingerprint density at radius 1 is 1.43 bits per heavy atom. The molecule has 0 saturated heterocycles. The third-order valence-electron chi connectivity index (χ3n) is 3.38. The Bertz CT molecular complexity index is 330. The standard InChI is InChI=1S/C13H19N/c1-4-10-5-6-11-7-9(2)13(14-3)12(11)8-10/h5-6,8-9,13-14H,4,7H2,1-3H3. The van der Waals surface area contributed by atoms with E-state index in [9.17, 15) is 0 Å². The summed E-state index contributed by atoms with van der Waals surface area (Å²) in [5.74, 6) is 0.738. The van der Waals surface area contributed by atoms with Gasteiger partial charge < -0.3 is 5.32 Å². The van der Waals surface area contributed by atoms with E-state index in [4.69, 9.17) is 0 Å². The average molecular weight is 189 g/mol. The first kappa shape index (κ1) is 9.72. The third kappa shape index (κ3) is 1.46. The summed E-state index contributed by atoms with van der Waals surface area (Å²) >= 11 is 0. The van der Waals surface area contributed by atoms with Crippen LogP contribution in [0.15, 0.2) is 18.2 Å². The lowest BCUT2D eigenvalue weighted by atomic mass is 10.0. The zero-order valence-corrected chi connectivity index (χ0v) is 9.30. The maximum atomic E-state index is 3.42. The Kier molecular flexibility index (Phi) is 2.60. The SMILES string of the molecule is CCc1ccc2c(c1)C(NC)C(C)C2. The van der Waals surface area contributed by atoms with Crippen molar-refractivity contribution in [1.82, 2.24) is 5.32 Å². The number of hydrogen-bond acceptors (Lipinski definition) is 1. The summed E-state index contributed by atoms with van der Waals surface area (Å²) in [6.45, 7) is 4.54. The van der Waals surface area contributed by atoms with Crippen molar-refractivity contribution >= 4 is 0 Å². The predicted molar refractivity (Wildman–Crippen MR) is 60.5 cm³/mol. The topological polar surface area (TPSA) is 12.0 Å². The normalized spacial score (nSPS) is 25.1. The monoisotopic (exact) mass is 189 g/mol. The van der Waals surface area contributed by atoms with E-state index >= 15 is 0 Å². The summed E-state index contributed by atoms with van der Waals surface area (Å²) < 4.78 is 0. The van der Waals surface area contributed by atoms with E-state index in [1.807, 2.05) is 0 Å². The minimum absolute atomic E-state index is 0.566. The summed E-state index contributed by atoms with van der Waals surface area (Å²) in [5, 5.41) is 3.42. The molecule has 0 radical (unpaired) electrons. The minimum atomic E-state index is 0.566. The highest BCUT2D eigenvalue weighted by molar-refractivity contribution is 5.38. The van der Waals surface area contributed by atoms with E-state index < -0.39 is 0 Å². The molecular formula is C13H19N. The van der Waals surface area contributed by atoms with Gasteiger partial charge in [0.1, 0.15) is 0 Å². The lowest BCUT2D eigenvalue weighted by molar-refractivity contribution is 0.446. The maximum Gasteiger partial charge on any atom is 0.0349 e. The van der Waals surface area contributed by atoms with Crippen molar-refractivity contribution in [2.45, 2.75) is 32.7 Å². The van der Waals surface area contributed by atoms with Crippen LogP contribution in [0.2, 0.25) is 0 Å². The quantitative estimate of drug-likeness (QED) is 0.754. The van der Waals surface area contributed by atoms with E-state index in [1.54, 1.807) is 0 Å². The van der Waals surface area contributed by atoms with Crippen molar-refractivity contribution in [2.75, 3.05) is 7.05 Å². The molecule has 0 spiro atoms. The lowest BCUT2D eigenvalue weighted by Gasteiger charge is -2.15. The minimum Gasteiger partial charge on any atom is -0.313 e. The Morgan fingerprint density at radius 3 is 2.86 bits per heavy atom. The van der Waals surface area contributed by atoms with Crippen molar-refractivity contribution in [3.8, 4) is 0 Å². The van der Waals surface area contributed by atoms with Crippen molar-refractivity contribution in [3.63, 3.8) is 0 Å². The molecule has 0 aliphatic heterocycles. The molecule has 0 aromatic heterocycles. The van der Waals surface area contributed by atoms with Gasteiger partial charge in [-0.05, 0) is 42.5 Å². The highest BCUT2D eigenvalue weighted by Crippen LogP contribution is 2.35. The molecule has 2 atom stereocenters. The van der Waals surface area contributed by atoms with E-state index in [0.29, 0.717) is 6.04 Å².